The van der Waals surface area contributed by atoms with E-state index >= 15 is 0 Å². The van der Waals surface area contributed by atoms with E-state index in [1.54, 1.807) is 13.8 Å². The summed E-state index contributed by atoms with van der Waals surface area (Å²) in [5.41, 5.74) is -3.95. The molecule has 4 aliphatic rings. The number of hydrogen-bond donors (Lipinski definition) is 2. The highest BCUT2D eigenvalue weighted by Gasteiger charge is 2.62. The zero-order chi connectivity index (χ0) is 24.5. The van der Waals surface area contributed by atoms with Gasteiger partial charge in [0.25, 0.3) is 0 Å². The number of hydrogen-bond acceptors (Lipinski definition) is 6. The van der Waals surface area contributed by atoms with Gasteiger partial charge in [0.1, 0.15) is 0 Å². The van der Waals surface area contributed by atoms with Gasteiger partial charge in [0, 0.05) is 13.1 Å². The van der Waals surface area contributed by atoms with Gasteiger partial charge in [-0.2, -0.15) is 0 Å². The van der Waals surface area contributed by atoms with Gasteiger partial charge in [0.2, 0.25) is 0 Å². The van der Waals surface area contributed by atoms with Gasteiger partial charge in [-0.3, -0.25) is 9.80 Å². The summed E-state index contributed by atoms with van der Waals surface area (Å²) in [4.78, 5) is 28.0. The van der Waals surface area contributed by atoms with Crippen LogP contribution in [0.4, 0.5) is 9.59 Å². The van der Waals surface area contributed by atoms with Crippen molar-refractivity contribution in [1.29, 1.82) is 0 Å². The first-order valence-electron chi connectivity index (χ1n) is 13.6. The Kier molecular flexibility index (Phi) is 7.40. The summed E-state index contributed by atoms with van der Waals surface area (Å²) in [6.45, 7) is 4.49. The van der Waals surface area contributed by atoms with Crippen LogP contribution in [0.15, 0.2) is 0 Å². The van der Waals surface area contributed by atoms with Crippen LogP contribution in [0.5, 0.6) is 0 Å². The Morgan fingerprint density at radius 1 is 0.618 bits per heavy atom. The molecule has 2 saturated carbocycles. The van der Waals surface area contributed by atoms with Crippen molar-refractivity contribution in [2.24, 2.45) is 0 Å². The molecule has 2 amide bonds. The second kappa shape index (κ2) is 9.84. The summed E-state index contributed by atoms with van der Waals surface area (Å²) < 4.78 is 11.4. The molecule has 2 unspecified atom stereocenters. The number of amides is 2. The van der Waals surface area contributed by atoms with Gasteiger partial charge in [-0.25, -0.2) is 9.59 Å². The molecule has 34 heavy (non-hydrogen) atoms. The second-order valence-corrected chi connectivity index (χ2v) is 11.3. The summed E-state index contributed by atoms with van der Waals surface area (Å²) in [5, 5.41) is 22.3. The second-order valence-electron chi connectivity index (χ2n) is 11.3. The van der Waals surface area contributed by atoms with E-state index in [0.29, 0.717) is 13.1 Å². The Morgan fingerprint density at radius 3 is 1.29 bits per heavy atom. The Labute approximate surface area is 203 Å². The molecule has 2 N–H and O–H groups in total. The van der Waals surface area contributed by atoms with Crippen LogP contribution in [0, 0.1) is 0 Å². The zero-order valence-corrected chi connectivity index (χ0v) is 21.1. The third-order valence-corrected chi connectivity index (χ3v) is 9.12. The van der Waals surface area contributed by atoms with E-state index in [2.05, 4.69) is 0 Å². The van der Waals surface area contributed by atoms with Crippen molar-refractivity contribution in [1.82, 2.24) is 9.80 Å². The van der Waals surface area contributed by atoms with E-state index in [0.717, 1.165) is 103 Å². The first kappa shape index (κ1) is 25.5. The molecule has 2 spiro atoms. The maximum absolute atomic E-state index is 12.5. The lowest BCUT2D eigenvalue weighted by Gasteiger charge is -2.42. The number of ether oxygens (including phenoxy) is 2. The van der Waals surface area contributed by atoms with Crippen molar-refractivity contribution in [3.8, 4) is 0 Å². The third kappa shape index (κ3) is 4.41. The lowest BCUT2D eigenvalue weighted by molar-refractivity contribution is -0.159. The Bertz CT molecular complexity index is 678. The van der Waals surface area contributed by atoms with Gasteiger partial charge in [0.05, 0.1) is 0 Å². The Morgan fingerprint density at radius 2 is 0.941 bits per heavy atom. The summed E-state index contributed by atoms with van der Waals surface area (Å²) in [7, 11) is 0. The first-order valence-corrected chi connectivity index (χ1v) is 13.6. The maximum atomic E-state index is 12.5. The average molecular weight is 481 g/mol. The fourth-order valence-electron chi connectivity index (χ4n) is 6.75. The number of carbonyl (C=O) groups is 2. The summed E-state index contributed by atoms with van der Waals surface area (Å²) in [5.74, 6) is 0. The van der Waals surface area contributed by atoms with Crippen molar-refractivity contribution in [3.05, 3.63) is 0 Å². The SMILES string of the molecule is CC1(O)N(CCCCCCCCN2C(=O)OC3(CCCCC3)C2(C)O)C(=O)OC12CCCCC2. The third-order valence-electron chi connectivity index (χ3n) is 9.12. The largest absolute Gasteiger partial charge is 0.438 e. The van der Waals surface area contributed by atoms with Crippen LogP contribution < -0.4 is 0 Å². The lowest BCUT2D eigenvalue weighted by atomic mass is 9.77. The fraction of sp³-hybridized carbons (Fsp3) is 0.923. The summed E-state index contributed by atoms with van der Waals surface area (Å²) in [6.07, 6.45) is 14.1. The van der Waals surface area contributed by atoms with Crippen molar-refractivity contribution in [2.75, 3.05) is 13.1 Å². The quantitative estimate of drug-likeness (QED) is 0.448. The molecule has 8 heteroatoms. The predicted molar refractivity (Wildman–Crippen MR) is 127 cm³/mol. The highest BCUT2D eigenvalue weighted by molar-refractivity contribution is 5.72. The van der Waals surface area contributed by atoms with E-state index in [1.807, 2.05) is 0 Å². The molecule has 4 fully saturated rings. The molecule has 0 radical (unpaired) electrons. The van der Waals surface area contributed by atoms with Gasteiger partial charge in [-0.05, 0) is 78.1 Å². The summed E-state index contributed by atoms with van der Waals surface area (Å²) >= 11 is 0. The lowest BCUT2D eigenvalue weighted by Crippen LogP contribution is -2.57. The van der Waals surface area contributed by atoms with Crippen LogP contribution >= 0.6 is 0 Å². The number of rotatable bonds is 9. The van der Waals surface area contributed by atoms with Crippen LogP contribution in [0.3, 0.4) is 0 Å². The van der Waals surface area contributed by atoms with Crippen molar-refractivity contribution in [2.45, 2.75) is 139 Å². The minimum absolute atomic E-state index is 0.382. The first-order chi connectivity index (χ1) is 16.2. The molecule has 194 valence electrons. The molecule has 2 atom stereocenters. The number of carbonyl (C=O) groups excluding carboxylic acids is 2. The van der Waals surface area contributed by atoms with Gasteiger partial charge in [-0.1, -0.05) is 38.5 Å². The van der Waals surface area contributed by atoms with E-state index in [1.165, 1.54) is 9.80 Å². The van der Waals surface area contributed by atoms with E-state index < -0.39 is 22.7 Å². The van der Waals surface area contributed by atoms with Gasteiger partial charge >= 0.3 is 12.2 Å². The molecule has 2 aliphatic heterocycles. The van der Waals surface area contributed by atoms with E-state index in [4.69, 9.17) is 9.47 Å². The Balaban J connectivity index is 1.14. The molecule has 0 bridgehead atoms. The van der Waals surface area contributed by atoms with Crippen molar-refractivity contribution >= 4 is 12.2 Å². The summed E-state index contributed by atoms with van der Waals surface area (Å²) in [6, 6.07) is 0. The van der Waals surface area contributed by atoms with Crippen LogP contribution in [-0.4, -0.2) is 67.9 Å². The minimum atomic E-state index is -1.23. The average Bonchev–Trinajstić information content (AvgIpc) is 3.08. The van der Waals surface area contributed by atoms with Crippen LogP contribution in [0.1, 0.15) is 117 Å². The molecule has 0 aromatic heterocycles. The van der Waals surface area contributed by atoms with Crippen LogP contribution in [-0.2, 0) is 9.47 Å². The minimum Gasteiger partial charge on any atom is -0.438 e. The zero-order valence-electron chi connectivity index (χ0n) is 21.1. The molecule has 0 aromatic carbocycles. The van der Waals surface area contributed by atoms with Crippen molar-refractivity contribution in [3.63, 3.8) is 0 Å². The smallest absolute Gasteiger partial charge is 0.412 e. The molecule has 8 nitrogen and oxygen atoms in total. The topological polar surface area (TPSA) is 99.5 Å². The predicted octanol–water partition coefficient (Wildman–Crippen LogP) is 5.05. The number of unbranched alkanes of at least 4 members (excludes halogenated alkanes) is 5. The van der Waals surface area contributed by atoms with E-state index in [9.17, 15) is 19.8 Å². The molecule has 0 aromatic rings. The van der Waals surface area contributed by atoms with Crippen LogP contribution in [0.2, 0.25) is 0 Å². The molecular formula is C26H44N2O6. The maximum Gasteiger partial charge on any atom is 0.412 e. The molecule has 2 aliphatic carbocycles. The van der Waals surface area contributed by atoms with Crippen molar-refractivity contribution < 1.29 is 29.3 Å². The Hall–Kier alpha value is -1.54. The standard InChI is InChI=1S/C26H44N2O6/c1-23(31)25(15-9-7-10-16-25)33-21(29)27(23)19-13-5-3-4-6-14-20-28-22(30)34-26(24(28,2)32)17-11-8-12-18-26/h31-32H,3-20H2,1-2H3. The van der Waals surface area contributed by atoms with Gasteiger partial charge in [0.15, 0.2) is 22.7 Å². The molecular weight excluding hydrogens is 436 g/mol. The molecule has 4 rings (SSSR count). The highest BCUT2D eigenvalue weighted by Crippen LogP contribution is 2.48. The highest BCUT2D eigenvalue weighted by atomic mass is 16.6. The normalized spacial score (nSPS) is 32.5. The van der Waals surface area contributed by atoms with Gasteiger partial charge < -0.3 is 19.7 Å². The fourth-order valence-corrected chi connectivity index (χ4v) is 6.75. The van der Waals surface area contributed by atoms with Gasteiger partial charge in [-0.15, -0.1) is 0 Å². The molecule has 2 saturated heterocycles. The van der Waals surface area contributed by atoms with E-state index in [-0.39, 0.29) is 12.2 Å². The number of aliphatic hydroxyl groups is 2. The molecule has 2 heterocycles. The van der Waals surface area contributed by atoms with Crippen LogP contribution in [0.25, 0.3) is 0 Å². The number of nitrogens with zero attached hydrogens (tertiary/aromatic N) is 2. The monoisotopic (exact) mass is 480 g/mol.